The second-order valence-electron chi connectivity index (χ2n) is 5.90. The molecule has 0 heterocycles. The van der Waals surface area contributed by atoms with Crippen LogP contribution in [-0.4, -0.2) is 18.4 Å². The van der Waals surface area contributed by atoms with Crippen LogP contribution >= 0.6 is 0 Å². The maximum absolute atomic E-state index is 12.5. The van der Waals surface area contributed by atoms with Crippen molar-refractivity contribution in [3.8, 4) is 0 Å². The minimum absolute atomic E-state index is 0.00151. The first-order valence-electron chi connectivity index (χ1n) is 8.16. The van der Waals surface area contributed by atoms with Crippen molar-refractivity contribution in [2.45, 2.75) is 34.1 Å². The minimum atomic E-state index is -0.204. The normalized spacial score (nSPS) is 10.3. The molecule has 24 heavy (non-hydrogen) atoms. The molecule has 0 aliphatic carbocycles. The summed E-state index contributed by atoms with van der Waals surface area (Å²) in [7, 11) is 0. The van der Waals surface area contributed by atoms with Crippen molar-refractivity contribution >= 4 is 23.2 Å². The number of anilines is 2. The monoisotopic (exact) mass is 324 g/mol. The molecular weight excluding hydrogens is 300 g/mol. The topological polar surface area (TPSA) is 49.4 Å². The molecule has 0 aliphatic heterocycles. The molecule has 126 valence electrons. The first-order chi connectivity index (χ1) is 11.4. The summed E-state index contributed by atoms with van der Waals surface area (Å²) in [4.78, 5) is 26.2. The molecule has 4 nitrogen and oxygen atoms in total. The van der Waals surface area contributed by atoms with Crippen molar-refractivity contribution in [1.82, 2.24) is 0 Å². The van der Waals surface area contributed by atoms with Gasteiger partial charge in [-0.2, -0.15) is 0 Å². The molecule has 0 unspecified atom stereocenters. The zero-order chi connectivity index (χ0) is 17.7. The van der Waals surface area contributed by atoms with E-state index in [1.165, 1.54) is 6.92 Å². The third kappa shape index (κ3) is 4.02. The number of carbonyl (C=O) groups excluding carboxylic acids is 2. The number of rotatable bonds is 5. The zero-order valence-corrected chi connectivity index (χ0v) is 14.7. The summed E-state index contributed by atoms with van der Waals surface area (Å²) in [6.07, 6.45) is 0.806. The molecule has 0 aromatic heterocycles. The van der Waals surface area contributed by atoms with Crippen LogP contribution in [0.4, 0.5) is 11.4 Å². The van der Waals surface area contributed by atoms with Crippen LogP contribution < -0.4 is 10.2 Å². The molecule has 2 aromatic rings. The Morgan fingerprint density at radius 3 is 2.29 bits per heavy atom. The molecular formula is C20H24N2O2. The van der Waals surface area contributed by atoms with Gasteiger partial charge in [-0.15, -0.1) is 0 Å². The molecule has 0 bridgehead atoms. The quantitative estimate of drug-likeness (QED) is 0.908. The van der Waals surface area contributed by atoms with Gasteiger partial charge < -0.3 is 10.2 Å². The first kappa shape index (κ1) is 17.7. The number of nitrogens with zero attached hydrogens (tertiary/aromatic N) is 1. The van der Waals surface area contributed by atoms with Gasteiger partial charge in [0.05, 0.1) is 5.69 Å². The van der Waals surface area contributed by atoms with E-state index in [1.807, 2.05) is 63.2 Å². The average molecular weight is 324 g/mol. The molecule has 1 N–H and O–H groups in total. The lowest BCUT2D eigenvalue weighted by atomic mass is 10.0. The Morgan fingerprint density at radius 2 is 1.67 bits per heavy atom. The lowest BCUT2D eigenvalue weighted by Gasteiger charge is -2.25. The number of amides is 2. The number of nitrogens with one attached hydrogen (secondary N) is 1. The van der Waals surface area contributed by atoms with Crippen molar-refractivity contribution in [1.29, 1.82) is 0 Å². The van der Waals surface area contributed by atoms with Gasteiger partial charge in [-0.3, -0.25) is 9.59 Å². The van der Waals surface area contributed by atoms with Crippen LogP contribution in [0.2, 0.25) is 0 Å². The van der Waals surface area contributed by atoms with Crippen molar-refractivity contribution in [2.75, 3.05) is 16.8 Å². The van der Waals surface area contributed by atoms with E-state index in [1.54, 1.807) is 4.90 Å². The molecule has 2 amide bonds. The molecule has 0 aliphatic rings. The highest BCUT2D eigenvalue weighted by molar-refractivity contribution is 6.02. The minimum Gasteiger partial charge on any atom is -0.324 e. The fourth-order valence-electron chi connectivity index (χ4n) is 2.79. The highest BCUT2D eigenvalue weighted by atomic mass is 16.2. The van der Waals surface area contributed by atoms with Crippen molar-refractivity contribution in [2.24, 2.45) is 0 Å². The molecule has 0 fully saturated rings. The Hall–Kier alpha value is -2.62. The number of para-hydroxylation sites is 2. The van der Waals surface area contributed by atoms with Gasteiger partial charge in [-0.25, -0.2) is 0 Å². The smallest absolute Gasteiger partial charge is 0.244 e. The van der Waals surface area contributed by atoms with Gasteiger partial charge >= 0.3 is 0 Å². The Bertz CT molecular complexity index is 753. The van der Waals surface area contributed by atoms with E-state index in [0.717, 1.165) is 34.5 Å². The van der Waals surface area contributed by atoms with Gasteiger partial charge in [0.1, 0.15) is 6.54 Å². The number of aryl methyl sites for hydroxylation is 3. The highest BCUT2D eigenvalue weighted by Gasteiger charge is 2.20. The third-order valence-electron chi connectivity index (χ3n) is 4.07. The summed E-state index contributed by atoms with van der Waals surface area (Å²) in [6, 6.07) is 13.5. The molecule has 0 radical (unpaired) electrons. The molecule has 2 aromatic carbocycles. The van der Waals surface area contributed by atoms with E-state index in [2.05, 4.69) is 5.32 Å². The van der Waals surface area contributed by atoms with Crippen LogP contribution in [0.25, 0.3) is 0 Å². The second-order valence-corrected chi connectivity index (χ2v) is 5.90. The number of hydrogen-bond acceptors (Lipinski definition) is 2. The van der Waals surface area contributed by atoms with Gasteiger partial charge in [-0.05, 0) is 43.0 Å². The summed E-state index contributed by atoms with van der Waals surface area (Å²) >= 11 is 0. The van der Waals surface area contributed by atoms with E-state index in [9.17, 15) is 9.59 Å². The molecule has 0 saturated carbocycles. The van der Waals surface area contributed by atoms with Gasteiger partial charge in [0.2, 0.25) is 11.8 Å². The van der Waals surface area contributed by atoms with E-state index in [-0.39, 0.29) is 18.4 Å². The van der Waals surface area contributed by atoms with Crippen molar-refractivity contribution in [3.63, 3.8) is 0 Å². The summed E-state index contributed by atoms with van der Waals surface area (Å²) in [5.74, 6) is -0.344. The zero-order valence-electron chi connectivity index (χ0n) is 14.7. The fraction of sp³-hybridized carbons (Fsp3) is 0.300. The Morgan fingerprint density at radius 1 is 1.00 bits per heavy atom. The Kier molecular flexibility index (Phi) is 5.74. The van der Waals surface area contributed by atoms with Crippen molar-refractivity contribution in [3.05, 3.63) is 59.2 Å². The van der Waals surface area contributed by atoms with Crippen LogP contribution in [0, 0.1) is 13.8 Å². The average Bonchev–Trinajstić information content (AvgIpc) is 2.54. The van der Waals surface area contributed by atoms with Gasteiger partial charge in [0.25, 0.3) is 0 Å². The molecule has 0 saturated heterocycles. The van der Waals surface area contributed by atoms with E-state index in [0.29, 0.717) is 0 Å². The molecule has 0 spiro atoms. The molecule has 2 rings (SSSR count). The van der Waals surface area contributed by atoms with E-state index in [4.69, 9.17) is 0 Å². The summed E-state index contributed by atoms with van der Waals surface area (Å²) < 4.78 is 0. The van der Waals surface area contributed by atoms with E-state index < -0.39 is 0 Å². The van der Waals surface area contributed by atoms with Crippen LogP contribution in [0.3, 0.4) is 0 Å². The standard InChI is InChI=1S/C20H24N2O2/c1-5-17-11-8-10-15(3)20(17)22(16(4)23)13-19(24)21-18-12-7-6-9-14(18)2/h6-12H,5,13H2,1-4H3,(H,21,24). The predicted molar refractivity (Wildman–Crippen MR) is 98.4 cm³/mol. The third-order valence-corrected chi connectivity index (χ3v) is 4.07. The molecule has 0 atom stereocenters. The Balaban J connectivity index is 2.25. The van der Waals surface area contributed by atoms with Crippen molar-refractivity contribution < 1.29 is 9.59 Å². The lowest BCUT2D eigenvalue weighted by molar-refractivity contribution is -0.120. The number of benzene rings is 2. The maximum Gasteiger partial charge on any atom is 0.244 e. The van der Waals surface area contributed by atoms with Crippen LogP contribution in [0.1, 0.15) is 30.5 Å². The first-order valence-corrected chi connectivity index (χ1v) is 8.16. The highest BCUT2D eigenvalue weighted by Crippen LogP contribution is 2.26. The van der Waals surface area contributed by atoms with Gasteiger partial charge in [0.15, 0.2) is 0 Å². The molecule has 4 heteroatoms. The second kappa shape index (κ2) is 7.77. The van der Waals surface area contributed by atoms with Gasteiger partial charge in [-0.1, -0.05) is 43.3 Å². The number of carbonyl (C=O) groups is 2. The SMILES string of the molecule is CCc1cccc(C)c1N(CC(=O)Nc1ccccc1C)C(C)=O. The Labute approximate surface area is 143 Å². The predicted octanol–water partition coefficient (Wildman–Crippen LogP) is 3.86. The van der Waals surface area contributed by atoms with E-state index >= 15 is 0 Å². The van der Waals surface area contributed by atoms with Crippen LogP contribution in [0.5, 0.6) is 0 Å². The van der Waals surface area contributed by atoms with Crippen LogP contribution in [-0.2, 0) is 16.0 Å². The lowest BCUT2D eigenvalue weighted by Crippen LogP contribution is -2.37. The summed E-state index contributed by atoms with van der Waals surface area (Å²) in [5, 5.41) is 2.89. The summed E-state index contributed by atoms with van der Waals surface area (Å²) in [6.45, 7) is 7.44. The number of hydrogen-bond donors (Lipinski definition) is 1. The fourth-order valence-corrected chi connectivity index (χ4v) is 2.79. The van der Waals surface area contributed by atoms with Crippen LogP contribution in [0.15, 0.2) is 42.5 Å². The largest absolute Gasteiger partial charge is 0.324 e. The van der Waals surface area contributed by atoms with Gasteiger partial charge in [0, 0.05) is 12.6 Å². The summed E-state index contributed by atoms with van der Waals surface area (Å²) in [5.41, 5.74) is 4.66. The maximum atomic E-state index is 12.5.